The smallest absolute Gasteiger partial charge is 0.0438 e. The Morgan fingerprint density at radius 3 is 1.63 bits per heavy atom. The van der Waals surface area contributed by atoms with Crippen molar-refractivity contribution in [3.63, 3.8) is 0 Å². The fraction of sp³-hybridized carbons (Fsp3) is 0.250. The first-order valence-electron chi connectivity index (χ1n) is 6.34. The van der Waals surface area contributed by atoms with Gasteiger partial charge in [-0.05, 0) is 43.1 Å². The standard InChI is InChI=1S/C16H17Cl2N/c1-19-14(10-12-6-2-4-8-15(12)17)11-13-7-3-5-9-16(13)18/h2-9,14,19H,10-11H2,1H3. The Morgan fingerprint density at radius 1 is 0.842 bits per heavy atom. The summed E-state index contributed by atoms with van der Waals surface area (Å²) in [5, 5.41) is 4.98. The van der Waals surface area contributed by atoms with Gasteiger partial charge in [0.05, 0.1) is 0 Å². The van der Waals surface area contributed by atoms with Gasteiger partial charge in [-0.25, -0.2) is 0 Å². The topological polar surface area (TPSA) is 12.0 Å². The second kappa shape index (κ2) is 6.95. The summed E-state index contributed by atoms with van der Waals surface area (Å²) in [6, 6.07) is 16.3. The minimum atomic E-state index is 0.319. The highest BCUT2D eigenvalue weighted by Gasteiger charge is 2.12. The summed E-state index contributed by atoms with van der Waals surface area (Å²) < 4.78 is 0. The summed E-state index contributed by atoms with van der Waals surface area (Å²) >= 11 is 12.4. The van der Waals surface area contributed by atoms with E-state index in [1.807, 2.05) is 43.4 Å². The molecular weight excluding hydrogens is 277 g/mol. The van der Waals surface area contributed by atoms with Crippen LogP contribution in [0.15, 0.2) is 48.5 Å². The Morgan fingerprint density at radius 2 is 1.26 bits per heavy atom. The van der Waals surface area contributed by atoms with Crippen LogP contribution in [0, 0.1) is 0 Å². The lowest BCUT2D eigenvalue weighted by Crippen LogP contribution is -2.30. The molecule has 0 aliphatic rings. The molecule has 0 saturated heterocycles. The van der Waals surface area contributed by atoms with Crippen molar-refractivity contribution in [2.75, 3.05) is 7.05 Å². The van der Waals surface area contributed by atoms with Gasteiger partial charge in [-0.3, -0.25) is 0 Å². The zero-order valence-electron chi connectivity index (χ0n) is 10.9. The number of nitrogens with one attached hydrogen (secondary N) is 1. The zero-order chi connectivity index (χ0) is 13.7. The molecule has 0 aromatic heterocycles. The fourth-order valence-electron chi connectivity index (χ4n) is 2.14. The molecule has 0 amide bonds. The van der Waals surface area contributed by atoms with Crippen LogP contribution in [0.4, 0.5) is 0 Å². The Hall–Kier alpha value is -1.02. The van der Waals surface area contributed by atoms with Gasteiger partial charge in [0.15, 0.2) is 0 Å². The summed E-state index contributed by atoms with van der Waals surface area (Å²) in [4.78, 5) is 0. The highest BCUT2D eigenvalue weighted by Crippen LogP contribution is 2.20. The van der Waals surface area contributed by atoms with Crippen molar-refractivity contribution >= 4 is 23.2 Å². The van der Waals surface area contributed by atoms with Crippen LogP contribution in [0.2, 0.25) is 10.0 Å². The monoisotopic (exact) mass is 293 g/mol. The number of likely N-dealkylation sites (N-methyl/N-ethyl adjacent to an activating group) is 1. The third-order valence-corrected chi connectivity index (χ3v) is 3.99. The predicted octanol–water partition coefficient (Wildman–Crippen LogP) is 4.37. The van der Waals surface area contributed by atoms with Gasteiger partial charge in [-0.15, -0.1) is 0 Å². The van der Waals surface area contributed by atoms with E-state index in [1.54, 1.807) is 0 Å². The van der Waals surface area contributed by atoms with E-state index in [-0.39, 0.29) is 0 Å². The summed E-state index contributed by atoms with van der Waals surface area (Å²) in [5.74, 6) is 0. The number of rotatable bonds is 5. The molecule has 0 bridgehead atoms. The number of halogens is 2. The molecule has 2 rings (SSSR count). The number of hydrogen-bond acceptors (Lipinski definition) is 1. The van der Waals surface area contributed by atoms with E-state index >= 15 is 0 Å². The third-order valence-electron chi connectivity index (χ3n) is 3.26. The number of hydrogen-bond donors (Lipinski definition) is 1. The molecule has 19 heavy (non-hydrogen) atoms. The predicted molar refractivity (Wildman–Crippen MR) is 83.2 cm³/mol. The maximum Gasteiger partial charge on any atom is 0.0438 e. The van der Waals surface area contributed by atoms with Gasteiger partial charge in [0.25, 0.3) is 0 Å². The molecule has 0 radical (unpaired) electrons. The van der Waals surface area contributed by atoms with Gasteiger partial charge < -0.3 is 5.32 Å². The van der Waals surface area contributed by atoms with Gasteiger partial charge in [-0.1, -0.05) is 59.6 Å². The lowest BCUT2D eigenvalue weighted by atomic mass is 9.99. The lowest BCUT2D eigenvalue weighted by Gasteiger charge is -2.17. The van der Waals surface area contributed by atoms with Crippen LogP contribution >= 0.6 is 23.2 Å². The van der Waals surface area contributed by atoms with Crippen LogP contribution < -0.4 is 5.32 Å². The Bertz CT molecular complexity index is 492. The normalized spacial score (nSPS) is 10.9. The molecular formula is C16H17Cl2N. The van der Waals surface area contributed by atoms with Gasteiger partial charge in [0.2, 0.25) is 0 Å². The molecule has 3 heteroatoms. The molecule has 0 aliphatic heterocycles. The van der Waals surface area contributed by atoms with Gasteiger partial charge in [0.1, 0.15) is 0 Å². The first-order chi connectivity index (χ1) is 9.20. The van der Waals surface area contributed by atoms with E-state index in [2.05, 4.69) is 17.4 Å². The van der Waals surface area contributed by atoms with Gasteiger partial charge in [0, 0.05) is 16.1 Å². The molecule has 2 aromatic carbocycles. The first-order valence-corrected chi connectivity index (χ1v) is 7.10. The van der Waals surface area contributed by atoms with Crippen LogP contribution in [-0.2, 0) is 12.8 Å². The molecule has 0 aliphatic carbocycles. The molecule has 0 fully saturated rings. The van der Waals surface area contributed by atoms with Crippen molar-refractivity contribution in [1.29, 1.82) is 0 Å². The van der Waals surface area contributed by atoms with Gasteiger partial charge >= 0.3 is 0 Å². The Labute approximate surface area is 124 Å². The SMILES string of the molecule is CNC(Cc1ccccc1Cl)Cc1ccccc1Cl. The van der Waals surface area contributed by atoms with Gasteiger partial charge in [-0.2, -0.15) is 0 Å². The van der Waals surface area contributed by atoms with E-state index in [9.17, 15) is 0 Å². The van der Waals surface area contributed by atoms with Crippen molar-refractivity contribution in [3.8, 4) is 0 Å². The molecule has 0 saturated carbocycles. The van der Waals surface area contributed by atoms with E-state index in [1.165, 1.54) is 0 Å². The lowest BCUT2D eigenvalue weighted by molar-refractivity contribution is 0.556. The van der Waals surface area contributed by atoms with Crippen LogP contribution in [0.3, 0.4) is 0 Å². The minimum Gasteiger partial charge on any atom is -0.316 e. The van der Waals surface area contributed by atoms with Crippen LogP contribution in [0.25, 0.3) is 0 Å². The van der Waals surface area contributed by atoms with E-state index in [0.29, 0.717) is 6.04 Å². The molecule has 0 heterocycles. The van der Waals surface area contributed by atoms with E-state index in [0.717, 1.165) is 34.0 Å². The summed E-state index contributed by atoms with van der Waals surface area (Å²) in [5.41, 5.74) is 2.33. The molecule has 0 unspecified atom stereocenters. The summed E-state index contributed by atoms with van der Waals surface area (Å²) in [7, 11) is 1.97. The Balaban J connectivity index is 2.09. The number of benzene rings is 2. The van der Waals surface area contributed by atoms with Crippen molar-refractivity contribution in [2.24, 2.45) is 0 Å². The molecule has 1 N–H and O–H groups in total. The maximum absolute atomic E-state index is 6.21. The third kappa shape index (κ3) is 3.97. The molecule has 1 nitrogen and oxygen atoms in total. The zero-order valence-corrected chi connectivity index (χ0v) is 12.4. The van der Waals surface area contributed by atoms with Crippen LogP contribution in [0.5, 0.6) is 0 Å². The highest BCUT2D eigenvalue weighted by atomic mass is 35.5. The van der Waals surface area contributed by atoms with Crippen molar-refractivity contribution in [2.45, 2.75) is 18.9 Å². The summed E-state index contributed by atoms with van der Waals surface area (Å²) in [6.45, 7) is 0. The van der Waals surface area contributed by atoms with E-state index in [4.69, 9.17) is 23.2 Å². The maximum atomic E-state index is 6.21. The van der Waals surface area contributed by atoms with Crippen LogP contribution in [0.1, 0.15) is 11.1 Å². The molecule has 0 spiro atoms. The minimum absolute atomic E-state index is 0.319. The second-order valence-electron chi connectivity index (χ2n) is 4.58. The van der Waals surface area contributed by atoms with Crippen molar-refractivity contribution in [3.05, 3.63) is 69.7 Å². The molecule has 2 aromatic rings. The van der Waals surface area contributed by atoms with Crippen molar-refractivity contribution in [1.82, 2.24) is 5.32 Å². The first kappa shape index (κ1) is 14.4. The van der Waals surface area contributed by atoms with E-state index < -0.39 is 0 Å². The largest absolute Gasteiger partial charge is 0.316 e. The van der Waals surface area contributed by atoms with Crippen molar-refractivity contribution < 1.29 is 0 Å². The quantitative estimate of drug-likeness (QED) is 0.863. The molecule has 0 atom stereocenters. The summed E-state index contributed by atoms with van der Waals surface area (Å²) in [6.07, 6.45) is 1.78. The fourth-order valence-corrected chi connectivity index (χ4v) is 2.56. The second-order valence-corrected chi connectivity index (χ2v) is 5.39. The average molecular weight is 294 g/mol. The highest BCUT2D eigenvalue weighted by molar-refractivity contribution is 6.31. The average Bonchev–Trinajstić information content (AvgIpc) is 2.42. The molecule has 100 valence electrons. The van der Waals surface area contributed by atoms with Crippen LogP contribution in [-0.4, -0.2) is 13.1 Å². The Kier molecular flexibility index (Phi) is 5.26.